The Hall–Kier alpha value is -0.650. The van der Waals surface area contributed by atoms with Crippen molar-refractivity contribution in [3.05, 3.63) is 11.1 Å². The maximum Gasteiger partial charge on any atom is 0.185 e. The second-order valence-corrected chi connectivity index (χ2v) is 5.28. The van der Waals surface area contributed by atoms with Gasteiger partial charge in [0.15, 0.2) is 5.13 Å². The summed E-state index contributed by atoms with van der Waals surface area (Å²) >= 11 is 1.78. The molecule has 0 radical (unpaired) electrons. The molecule has 1 fully saturated rings. The molecule has 17 heavy (non-hydrogen) atoms. The summed E-state index contributed by atoms with van der Waals surface area (Å²) in [5, 5.41) is 3.37. The van der Waals surface area contributed by atoms with E-state index in [1.807, 2.05) is 0 Å². The molecular weight excluding hydrogens is 232 g/mol. The molecule has 1 aliphatic heterocycles. The van der Waals surface area contributed by atoms with Crippen LogP contribution in [-0.4, -0.2) is 49.2 Å². The van der Waals surface area contributed by atoms with Crippen molar-refractivity contribution in [2.45, 2.75) is 19.8 Å². The van der Waals surface area contributed by atoms with E-state index in [1.165, 1.54) is 10.8 Å². The highest BCUT2D eigenvalue weighted by atomic mass is 32.1. The number of piperazine rings is 1. The van der Waals surface area contributed by atoms with E-state index < -0.39 is 0 Å². The van der Waals surface area contributed by atoms with Crippen molar-refractivity contribution in [3.63, 3.8) is 0 Å². The van der Waals surface area contributed by atoms with Gasteiger partial charge >= 0.3 is 0 Å². The third kappa shape index (κ3) is 3.40. The van der Waals surface area contributed by atoms with Gasteiger partial charge in [0.2, 0.25) is 0 Å². The van der Waals surface area contributed by atoms with E-state index in [2.05, 4.69) is 27.1 Å². The van der Waals surface area contributed by atoms with Crippen LogP contribution in [-0.2, 0) is 6.42 Å². The molecule has 2 N–H and O–H groups in total. The first kappa shape index (κ1) is 12.8. The summed E-state index contributed by atoms with van der Waals surface area (Å²) in [7, 11) is 0. The van der Waals surface area contributed by atoms with Gasteiger partial charge in [0, 0.05) is 31.6 Å². The van der Waals surface area contributed by atoms with E-state index >= 15 is 0 Å². The number of anilines is 1. The summed E-state index contributed by atoms with van der Waals surface area (Å²) in [5.41, 5.74) is 6.75. The Morgan fingerprint density at radius 2 is 2.12 bits per heavy atom. The Kier molecular flexibility index (Phi) is 4.76. The van der Waals surface area contributed by atoms with E-state index in [-0.39, 0.29) is 0 Å². The van der Waals surface area contributed by atoms with Crippen molar-refractivity contribution in [3.8, 4) is 0 Å². The first-order valence-electron chi connectivity index (χ1n) is 6.45. The molecule has 0 aliphatic carbocycles. The Bertz CT molecular complexity index is 331. The molecule has 4 nitrogen and oxygen atoms in total. The predicted molar refractivity (Wildman–Crippen MR) is 73.8 cm³/mol. The lowest BCUT2D eigenvalue weighted by Gasteiger charge is -2.34. The Labute approximate surface area is 107 Å². The highest BCUT2D eigenvalue weighted by molar-refractivity contribution is 7.13. The lowest BCUT2D eigenvalue weighted by molar-refractivity contribution is 0.256. The molecule has 2 heterocycles. The molecule has 0 bridgehead atoms. The fourth-order valence-corrected chi connectivity index (χ4v) is 3.04. The number of rotatable bonds is 5. The van der Waals surface area contributed by atoms with Gasteiger partial charge in [-0.3, -0.25) is 4.90 Å². The molecule has 1 aliphatic rings. The normalized spacial score (nSPS) is 17.6. The summed E-state index contributed by atoms with van der Waals surface area (Å²) in [6, 6.07) is 0. The van der Waals surface area contributed by atoms with Crippen LogP contribution in [0.5, 0.6) is 0 Å². The molecule has 5 heteroatoms. The van der Waals surface area contributed by atoms with Crippen LogP contribution < -0.4 is 10.6 Å². The standard InChI is InChI=1S/C12H22N4S/c1-2-11-10-17-12(14-11)16-8-6-15(7-9-16)5-3-4-13/h10H,2-9,13H2,1H3. The van der Waals surface area contributed by atoms with Gasteiger partial charge < -0.3 is 10.6 Å². The van der Waals surface area contributed by atoms with Gasteiger partial charge in [0.1, 0.15) is 0 Å². The SMILES string of the molecule is CCc1csc(N2CCN(CCCN)CC2)n1. The average Bonchev–Trinajstić information content (AvgIpc) is 2.86. The van der Waals surface area contributed by atoms with E-state index in [4.69, 9.17) is 5.73 Å². The fourth-order valence-electron chi connectivity index (χ4n) is 2.08. The molecule has 0 atom stereocenters. The first-order chi connectivity index (χ1) is 8.33. The highest BCUT2D eigenvalue weighted by Gasteiger charge is 2.18. The van der Waals surface area contributed by atoms with Crippen molar-refractivity contribution in [1.82, 2.24) is 9.88 Å². The van der Waals surface area contributed by atoms with Crippen molar-refractivity contribution < 1.29 is 0 Å². The maximum absolute atomic E-state index is 5.54. The van der Waals surface area contributed by atoms with Crippen LogP contribution in [0.4, 0.5) is 5.13 Å². The maximum atomic E-state index is 5.54. The van der Waals surface area contributed by atoms with Crippen molar-refractivity contribution in [2.75, 3.05) is 44.2 Å². The second kappa shape index (κ2) is 6.33. The molecule has 0 saturated carbocycles. The summed E-state index contributed by atoms with van der Waals surface area (Å²) in [4.78, 5) is 9.55. The third-order valence-corrected chi connectivity index (χ3v) is 4.17. The quantitative estimate of drug-likeness (QED) is 0.857. The summed E-state index contributed by atoms with van der Waals surface area (Å²) in [6.45, 7) is 8.57. The monoisotopic (exact) mass is 254 g/mol. The van der Waals surface area contributed by atoms with Gasteiger partial charge in [-0.05, 0) is 25.9 Å². The molecule has 1 aromatic rings. The van der Waals surface area contributed by atoms with Crippen LogP contribution in [0, 0.1) is 0 Å². The van der Waals surface area contributed by atoms with Gasteiger partial charge in [-0.15, -0.1) is 11.3 Å². The Balaban J connectivity index is 1.82. The van der Waals surface area contributed by atoms with Crippen molar-refractivity contribution in [2.24, 2.45) is 5.73 Å². The van der Waals surface area contributed by atoms with Crippen LogP contribution in [0.3, 0.4) is 0 Å². The van der Waals surface area contributed by atoms with E-state index in [0.717, 1.165) is 52.1 Å². The molecule has 0 unspecified atom stereocenters. The lowest BCUT2D eigenvalue weighted by atomic mass is 10.3. The van der Waals surface area contributed by atoms with E-state index in [9.17, 15) is 0 Å². The third-order valence-electron chi connectivity index (χ3n) is 3.22. The molecule has 1 aromatic heterocycles. The highest BCUT2D eigenvalue weighted by Crippen LogP contribution is 2.21. The minimum atomic E-state index is 0.798. The van der Waals surface area contributed by atoms with Crippen molar-refractivity contribution in [1.29, 1.82) is 0 Å². The largest absolute Gasteiger partial charge is 0.346 e. The summed E-state index contributed by atoms with van der Waals surface area (Å²) in [6.07, 6.45) is 2.14. The smallest absolute Gasteiger partial charge is 0.185 e. The Morgan fingerprint density at radius 3 is 2.71 bits per heavy atom. The van der Waals surface area contributed by atoms with Crippen LogP contribution in [0.1, 0.15) is 19.0 Å². The molecule has 0 spiro atoms. The zero-order valence-electron chi connectivity index (χ0n) is 10.6. The van der Waals surface area contributed by atoms with Crippen molar-refractivity contribution >= 4 is 16.5 Å². The molecule has 1 saturated heterocycles. The summed E-state index contributed by atoms with van der Waals surface area (Å²) < 4.78 is 0. The molecule has 96 valence electrons. The fraction of sp³-hybridized carbons (Fsp3) is 0.750. The minimum Gasteiger partial charge on any atom is -0.346 e. The van der Waals surface area contributed by atoms with Crippen LogP contribution in [0.15, 0.2) is 5.38 Å². The minimum absolute atomic E-state index is 0.798. The van der Waals surface area contributed by atoms with Gasteiger partial charge in [-0.25, -0.2) is 4.98 Å². The Morgan fingerprint density at radius 1 is 1.35 bits per heavy atom. The van der Waals surface area contributed by atoms with Gasteiger partial charge in [0.25, 0.3) is 0 Å². The van der Waals surface area contributed by atoms with Gasteiger partial charge in [0.05, 0.1) is 5.69 Å². The molecular formula is C12H22N4S. The number of aromatic nitrogens is 1. The second-order valence-electron chi connectivity index (χ2n) is 4.45. The number of hydrogen-bond donors (Lipinski definition) is 1. The zero-order chi connectivity index (χ0) is 12.1. The molecule has 0 amide bonds. The summed E-state index contributed by atoms with van der Waals surface area (Å²) in [5.74, 6) is 0. The lowest BCUT2D eigenvalue weighted by Crippen LogP contribution is -2.46. The number of hydrogen-bond acceptors (Lipinski definition) is 5. The van der Waals surface area contributed by atoms with Crippen LogP contribution >= 0.6 is 11.3 Å². The van der Waals surface area contributed by atoms with Gasteiger partial charge in [-0.1, -0.05) is 6.92 Å². The average molecular weight is 254 g/mol. The van der Waals surface area contributed by atoms with Crippen LogP contribution in [0.25, 0.3) is 0 Å². The molecule has 0 aromatic carbocycles. The zero-order valence-corrected chi connectivity index (χ0v) is 11.4. The topological polar surface area (TPSA) is 45.4 Å². The number of nitrogens with zero attached hydrogens (tertiary/aromatic N) is 3. The molecule has 2 rings (SSSR count). The number of thiazole rings is 1. The first-order valence-corrected chi connectivity index (χ1v) is 7.33. The van der Waals surface area contributed by atoms with Crippen LogP contribution in [0.2, 0.25) is 0 Å². The predicted octanol–water partition coefficient (Wildman–Crippen LogP) is 1.18. The van der Waals surface area contributed by atoms with E-state index in [0.29, 0.717) is 0 Å². The number of aryl methyl sites for hydroxylation is 1. The number of nitrogens with two attached hydrogens (primary N) is 1. The van der Waals surface area contributed by atoms with E-state index in [1.54, 1.807) is 11.3 Å². The van der Waals surface area contributed by atoms with Gasteiger partial charge in [-0.2, -0.15) is 0 Å².